The number of carbonyl (C=O) groups excluding carboxylic acids is 1. The molecule has 0 aliphatic carbocycles. The zero-order valence-corrected chi connectivity index (χ0v) is 12.0. The first kappa shape index (κ1) is 13.5. The van der Waals surface area contributed by atoms with Crippen LogP contribution in [0, 0.1) is 0 Å². The van der Waals surface area contributed by atoms with Crippen molar-refractivity contribution in [2.45, 2.75) is 16.2 Å². The number of amides is 1. The quantitative estimate of drug-likeness (QED) is 0.848. The Morgan fingerprint density at radius 2 is 1.80 bits per heavy atom. The molecule has 1 aliphatic heterocycles. The molecule has 1 heterocycles. The third-order valence-corrected chi connectivity index (χ3v) is 4.80. The van der Waals surface area contributed by atoms with E-state index < -0.39 is 6.10 Å². The topological polar surface area (TPSA) is 49.3 Å². The Kier molecular flexibility index (Phi) is 3.70. The summed E-state index contributed by atoms with van der Waals surface area (Å²) in [5.41, 5.74) is 1.61. The molecule has 1 amide bonds. The van der Waals surface area contributed by atoms with Crippen molar-refractivity contribution < 1.29 is 9.90 Å². The van der Waals surface area contributed by atoms with Gasteiger partial charge in [0.25, 0.3) is 5.91 Å². The van der Waals surface area contributed by atoms with Gasteiger partial charge in [0, 0.05) is 9.92 Å². The Labute approximate surface area is 126 Å². The maximum absolute atomic E-state index is 12.0. The van der Waals surface area contributed by atoms with Crippen LogP contribution in [0.2, 0.25) is 5.02 Å². The minimum Gasteiger partial charge on any atom is -0.382 e. The molecule has 5 heteroatoms. The summed E-state index contributed by atoms with van der Waals surface area (Å²) in [5.74, 6) is -0.387. The standard InChI is InChI=1S/C15H12ClNO2S/c16-10-7-5-9(6-8-10)14-13(18)15(19)17-11-3-1-2-4-12(11)20-14/h1-8,13-14,18H,(H,17,19). The molecule has 1 aliphatic rings. The van der Waals surface area contributed by atoms with Crippen LogP contribution in [0.25, 0.3) is 0 Å². The minimum atomic E-state index is -1.10. The molecule has 102 valence electrons. The minimum absolute atomic E-state index is 0.351. The van der Waals surface area contributed by atoms with Gasteiger partial charge in [-0.1, -0.05) is 35.9 Å². The number of anilines is 1. The van der Waals surface area contributed by atoms with Gasteiger partial charge in [-0.3, -0.25) is 4.79 Å². The maximum atomic E-state index is 12.0. The molecule has 0 bridgehead atoms. The van der Waals surface area contributed by atoms with Gasteiger partial charge in [-0.05, 0) is 29.8 Å². The highest BCUT2D eigenvalue weighted by Gasteiger charge is 2.32. The first-order chi connectivity index (χ1) is 9.65. The van der Waals surface area contributed by atoms with Crippen molar-refractivity contribution in [2.24, 2.45) is 0 Å². The highest BCUT2D eigenvalue weighted by atomic mass is 35.5. The molecule has 0 spiro atoms. The van der Waals surface area contributed by atoms with E-state index in [0.29, 0.717) is 5.02 Å². The average molecular weight is 306 g/mol. The number of hydrogen-bond donors (Lipinski definition) is 2. The molecule has 0 radical (unpaired) electrons. The fourth-order valence-corrected chi connectivity index (χ4v) is 3.47. The van der Waals surface area contributed by atoms with Gasteiger partial charge >= 0.3 is 0 Å². The molecular formula is C15H12ClNO2S. The fraction of sp³-hybridized carbons (Fsp3) is 0.133. The Balaban J connectivity index is 2.01. The van der Waals surface area contributed by atoms with Crippen LogP contribution in [-0.2, 0) is 4.79 Å². The van der Waals surface area contributed by atoms with Crippen LogP contribution in [0.15, 0.2) is 53.4 Å². The summed E-state index contributed by atoms with van der Waals surface area (Å²) >= 11 is 7.35. The second kappa shape index (κ2) is 5.48. The predicted molar refractivity (Wildman–Crippen MR) is 81.1 cm³/mol. The molecule has 3 nitrogen and oxygen atoms in total. The number of fused-ring (bicyclic) bond motifs is 1. The highest BCUT2D eigenvalue weighted by Crippen LogP contribution is 2.43. The van der Waals surface area contributed by atoms with Gasteiger partial charge in [0.2, 0.25) is 0 Å². The molecule has 2 aromatic rings. The number of rotatable bonds is 1. The molecule has 2 unspecified atom stereocenters. The number of carbonyl (C=O) groups is 1. The zero-order valence-electron chi connectivity index (χ0n) is 10.4. The van der Waals surface area contributed by atoms with E-state index in [-0.39, 0.29) is 11.2 Å². The molecule has 20 heavy (non-hydrogen) atoms. The van der Waals surface area contributed by atoms with Gasteiger partial charge in [0.1, 0.15) is 6.10 Å². The normalized spacial score (nSPS) is 21.8. The largest absolute Gasteiger partial charge is 0.382 e. The number of hydrogen-bond acceptors (Lipinski definition) is 3. The van der Waals surface area contributed by atoms with Crippen LogP contribution < -0.4 is 5.32 Å². The maximum Gasteiger partial charge on any atom is 0.254 e. The summed E-state index contributed by atoms with van der Waals surface area (Å²) in [6, 6.07) is 14.7. The Bertz CT molecular complexity index is 645. The van der Waals surface area contributed by atoms with E-state index in [4.69, 9.17) is 11.6 Å². The van der Waals surface area contributed by atoms with Gasteiger partial charge in [-0.2, -0.15) is 0 Å². The van der Waals surface area contributed by atoms with Crippen molar-refractivity contribution >= 4 is 35.0 Å². The SMILES string of the molecule is O=C1Nc2ccccc2SC(c2ccc(Cl)cc2)C1O. The molecular weight excluding hydrogens is 294 g/mol. The molecule has 0 saturated carbocycles. The third kappa shape index (κ3) is 2.54. The molecule has 0 saturated heterocycles. The number of aliphatic hydroxyl groups excluding tert-OH is 1. The number of benzene rings is 2. The smallest absolute Gasteiger partial charge is 0.254 e. The second-order valence-corrected chi connectivity index (χ2v) is 6.14. The molecule has 2 N–H and O–H groups in total. The zero-order chi connectivity index (χ0) is 14.1. The van der Waals surface area contributed by atoms with Gasteiger partial charge in [0.05, 0.1) is 10.9 Å². The molecule has 0 fully saturated rings. The van der Waals surface area contributed by atoms with Crippen LogP contribution in [0.5, 0.6) is 0 Å². The summed E-state index contributed by atoms with van der Waals surface area (Å²) < 4.78 is 0. The summed E-state index contributed by atoms with van der Waals surface area (Å²) in [6.45, 7) is 0. The highest BCUT2D eigenvalue weighted by molar-refractivity contribution is 7.99. The van der Waals surface area contributed by atoms with E-state index in [1.807, 2.05) is 36.4 Å². The van der Waals surface area contributed by atoms with Crippen LogP contribution >= 0.6 is 23.4 Å². The summed E-state index contributed by atoms with van der Waals surface area (Å²) in [7, 11) is 0. The number of halogens is 1. The van der Waals surface area contributed by atoms with Crippen molar-refractivity contribution in [3.63, 3.8) is 0 Å². The van der Waals surface area contributed by atoms with E-state index in [1.54, 1.807) is 12.1 Å². The van der Waals surface area contributed by atoms with Crippen molar-refractivity contribution in [2.75, 3.05) is 5.32 Å². The summed E-state index contributed by atoms with van der Waals surface area (Å²) in [6.07, 6.45) is -1.10. The third-order valence-electron chi connectivity index (χ3n) is 3.15. The first-order valence-electron chi connectivity index (χ1n) is 6.15. The van der Waals surface area contributed by atoms with Crippen molar-refractivity contribution in [3.8, 4) is 0 Å². The van der Waals surface area contributed by atoms with Gasteiger partial charge in [-0.25, -0.2) is 0 Å². The van der Waals surface area contributed by atoms with Crippen LogP contribution in [-0.4, -0.2) is 17.1 Å². The molecule has 2 aromatic carbocycles. The number of para-hydroxylation sites is 1. The lowest BCUT2D eigenvalue weighted by Gasteiger charge is -2.18. The number of nitrogens with one attached hydrogen (secondary N) is 1. The lowest BCUT2D eigenvalue weighted by molar-refractivity contribution is -0.124. The van der Waals surface area contributed by atoms with Crippen molar-refractivity contribution in [1.82, 2.24) is 0 Å². The second-order valence-electron chi connectivity index (χ2n) is 4.52. The lowest BCUT2D eigenvalue weighted by atomic mass is 10.1. The van der Waals surface area contributed by atoms with Crippen molar-refractivity contribution in [3.05, 3.63) is 59.1 Å². The van der Waals surface area contributed by atoms with Gasteiger partial charge < -0.3 is 10.4 Å². The van der Waals surface area contributed by atoms with Gasteiger partial charge in [-0.15, -0.1) is 11.8 Å². The van der Waals surface area contributed by atoms with Crippen LogP contribution in [0.4, 0.5) is 5.69 Å². The number of aliphatic hydroxyl groups is 1. The Morgan fingerprint density at radius 1 is 1.10 bits per heavy atom. The van der Waals surface area contributed by atoms with Crippen molar-refractivity contribution in [1.29, 1.82) is 0 Å². The summed E-state index contributed by atoms with van der Waals surface area (Å²) in [5, 5.41) is 13.3. The predicted octanol–water partition coefficient (Wildman–Crippen LogP) is 3.49. The average Bonchev–Trinajstić information content (AvgIpc) is 2.58. The lowest BCUT2D eigenvalue weighted by Crippen LogP contribution is -2.30. The Morgan fingerprint density at radius 3 is 2.55 bits per heavy atom. The van der Waals surface area contributed by atoms with E-state index in [0.717, 1.165) is 16.1 Å². The fourth-order valence-electron chi connectivity index (χ4n) is 2.12. The van der Waals surface area contributed by atoms with E-state index in [2.05, 4.69) is 5.32 Å². The van der Waals surface area contributed by atoms with E-state index >= 15 is 0 Å². The first-order valence-corrected chi connectivity index (χ1v) is 7.41. The van der Waals surface area contributed by atoms with Gasteiger partial charge in [0.15, 0.2) is 0 Å². The Hall–Kier alpha value is -1.49. The van der Waals surface area contributed by atoms with Crippen LogP contribution in [0.1, 0.15) is 10.8 Å². The van der Waals surface area contributed by atoms with E-state index in [9.17, 15) is 9.90 Å². The molecule has 2 atom stereocenters. The number of thioether (sulfide) groups is 1. The summed E-state index contributed by atoms with van der Waals surface area (Å²) in [4.78, 5) is 13.0. The molecule has 3 rings (SSSR count). The van der Waals surface area contributed by atoms with Crippen LogP contribution in [0.3, 0.4) is 0 Å². The monoisotopic (exact) mass is 305 g/mol. The molecule has 0 aromatic heterocycles. The van der Waals surface area contributed by atoms with E-state index in [1.165, 1.54) is 11.8 Å².